The van der Waals surface area contributed by atoms with E-state index in [1.165, 1.54) is 19.3 Å². The van der Waals surface area contributed by atoms with Gasteiger partial charge in [-0.25, -0.2) is 4.79 Å². The van der Waals surface area contributed by atoms with Gasteiger partial charge in [-0.1, -0.05) is 92.8 Å². The second-order valence-corrected chi connectivity index (χ2v) is 8.00. The minimum Gasteiger partial charge on any atom is -0.445 e. The second-order valence-electron chi connectivity index (χ2n) is 8.00. The highest BCUT2D eigenvalue weighted by atomic mass is 16.5. The first-order valence-electron chi connectivity index (χ1n) is 11.0. The summed E-state index contributed by atoms with van der Waals surface area (Å²) in [7, 11) is 0. The molecule has 1 saturated carbocycles. The zero-order valence-corrected chi connectivity index (χ0v) is 17.5. The van der Waals surface area contributed by atoms with Gasteiger partial charge in [0.25, 0.3) is 0 Å². The van der Waals surface area contributed by atoms with Gasteiger partial charge in [-0.15, -0.1) is 0 Å². The standard InChI is InChI=1S/C25H32N2O3/c28-24(26-22-16-10-2-1-3-11-17-22)23(18-20-12-6-4-7-13-20)27-25(29)30-19-21-14-8-5-9-15-21/h4-9,12-15,22-23H,1-3,10-11,16-19H2,(H,26,28)(H,27,29)/t23-/m0/s1. The van der Waals surface area contributed by atoms with Crippen LogP contribution in [0.1, 0.15) is 56.1 Å². The van der Waals surface area contributed by atoms with Crippen molar-refractivity contribution in [2.75, 3.05) is 0 Å². The number of alkyl carbamates (subject to hydrolysis) is 1. The third-order valence-corrected chi connectivity index (χ3v) is 5.56. The molecule has 0 radical (unpaired) electrons. The molecule has 2 N–H and O–H groups in total. The first-order chi connectivity index (χ1) is 14.7. The molecule has 1 atom stereocenters. The molecule has 1 aliphatic carbocycles. The van der Waals surface area contributed by atoms with Gasteiger partial charge in [0.2, 0.25) is 5.91 Å². The Morgan fingerprint density at radius 2 is 1.40 bits per heavy atom. The quantitative estimate of drug-likeness (QED) is 0.694. The third kappa shape index (κ3) is 7.54. The maximum absolute atomic E-state index is 13.0. The number of amides is 2. The van der Waals surface area contributed by atoms with Crippen molar-refractivity contribution in [3.05, 3.63) is 71.8 Å². The Labute approximate surface area is 179 Å². The lowest BCUT2D eigenvalue weighted by atomic mass is 9.96. The molecule has 2 aromatic carbocycles. The van der Waals surface area contributed by atoms with Crippen molar-refractivity contribution in [3.63, 3.8) is 0 Å². The van der Waals surface area contributed by atoms with Gasteiger partial charge in [-0.05, 0) is 24.0 Å². The van der Waals surface area contributed by atoms with Crippen LogP contribution in [0.25, 0.3) is 0 Å². The van der Waals surface area contributed by atoms with E-state index in [2.05, 4.69) is 10.6 Å². The molecule has 0 aliphatic heterocycles. The van der Waals surface area contributed by atoms with Crippen LogP contribution in [-0.2, 0) is 22.6 Å². The molecule has 160 valence electrons. The minimum atomic E-state index is -0.666. The lowest BCUT2D eigenvalue weighted by molar-refractivity contribution is -0.123. The maximum Gasteiger partial charge on any atom is 0.408 e. The number of carbonyl (C=O) groups is 2. The molecule has 0 aromatic heterocycles. The van der Waals surface area contributed by atoms with Crippen LogP contribution in [-0.4, -0.2) is 24.1 Å². The van der Waals surface area contributed by atoms with Crippen LogP contribution in [0.15, 0.2) is 60.7 Å². The molecule has 30 heavy (non-hydrogen) atoms. The van der Waals surface area contributed by atoms with Gasteiger partial charge >= 0.3 is 6.09 Å². The van der Waals surface area contributed by atoms with Crippen LogP contribution in [0.3, 0.4) is 0 Å². The molecule has 0 spiro atoms. The van der Waals surface area contributed by atoms with Gasteiger partial charge < -0.3 is 15.4 Å². The number of ether oxygens (including phenoxy) is 1. The Balaban J connectivity index is 1.60. The third-order valence-electron chi connectivity index (χ3n) is 5.56. The Hall–Kier alpha value is -2.82. The van der Waals surface area contributed by atoms with Gasteiger partial charge in [0, 0.05) is 12.5 Å². The van der Waals surface area contributed by atoms with Crippen LogP contribution >= 0.6 is 0 Å². The van der Waals surface area contributed by atoms with Crippen LogP contribution in [0.4, 0.5) is 4.79 Å². The fraction of sp³-hybridized carbons (Fsp3) is 0.440. The number of nitrogens with one attached hydrogen (secondary N) is 2. The average molecular weight is 409 g/mol. The molecule has 0 unspecified atom stereocenters. The molecule has 3 rings (SSSR count). The molecule has 0 saturated heterocycles. The summed E-state index contributed by atoms with van der Waals surface area (Å²) < 4.78 is 5.34. The summed E-state index contributed by atoms with van der Waals surface area (Å²) in [6, 6.07) is 18.8. The normalized spacial score (nSPS) is 16.0. The molecule has 5 heteroatoms. The van der Waals surface area contributed by atoms with Gasteiger partial charge in [0.15, 0.2) is 0 Å². The smallest absolute Gasteiger partial charge is 0.408 e. The summed E-state index contributed by atoms with van der Waals surface area (Å²) in [6.07, 6.45) is 7.87. The van der Waals surface area contributed by atoms with Crippen molar-refractivity contribution in [1.29, 1.82) is 0 Å². The van der Waals surface area contributed by atoms with Crippen molar-refractivity contribution < 1.29 is 14.3 Å². The summed E-state index contributed by atoms with van der Waals surface area (Å²) in [5.41, 5.74) is 1.91. The van der Waals surface area contributed by atoms with Crippen molar-refractivity contribution in [2.45, 2.75) is 70.1 Å². The van der Waals surface area contributed by atoms with E-state index in [0.717, 1.165) is 36.8 Å². The average Bonchev–Trinajstić information content (AvgIpc) is 2.75. The molecule has 0 heterocycles. The Bertz CT molecular complexity index is 771. The van der Waals surface area contributed by atoms with Crippen LogP contribution in [0.2, 0.25) is 0 Å². The van der Waals surface area contributed by atoms with Gasteiger partial charge in [-0.3, -0.25) is 4.79 Å². The highest BCUT2D eigenvalue weighted by Gasteiger charge is 2.24. The lowest BCUT2D eigenvalue weighted by Crippen LogP contribution is -2.50. The lowest BCUT2D eigenvalue weighted by Gasteiger charge is -2.25. The van der Waals surface area contributed by atoms with E-state index in [0.29, 0.717) is 6.42 Å². The maximum atomic E-state index is 13.0. The fourth-order valence-corrected chi connectivity index (χ4v) is 3.87. The molecule has 1 fully saturated rings. The van der Waals surface area contributed by atoms with Gasteiger partial charge in [-0.2, -0.15) is 0 Å². The second kappa shape index (κ2) is 12.0. The van der Waals surface area contributed by atoms with E-state index < -0.39 is 12.1 Å². The number of benzene rings is 2. The molecule has 1 aliphatic rings. The largest absolute Gasteiger partial charge is 0.445 e. The number of rotatable bonds is 7. The topological polar surface area (TPSA) is 67.4 Å². The summed E-state index contributed by atoms with van der Waals surface area (Å²) in [4.78, 5) is 25.4. The molecular formula is C25H32N2O3. The SMILES string of the molecule is O=C(N[C@@H](Cc1ccccc1)C(=O)NC1CCCCCCC1)OCc1ccccc1. The number of carbonyl (C=O) groups excluding carboxylic acids is 2. The highest BCUT2D eigenvalue weighted by molar-refractivity contribution is 5.86. The van der Waals surface area contributed by atoms with E-state index in [1.54, 1.807) is 0 Å². The summed E-state index contributed by atoms with van der Waals surface area (Å²) in [6.45, 7) is 0.176. The Morgan fingerprint density at radius 1 is 0.833 bits per heavy atom. The van der Waals surface area contributed by atoms with E-state index in [9.17, 15) is 9.59 Å². The Kier molecular flexibility index (Phi) is 8.76. The van der Waals surface area contributed by atoms with Crippen molar-refractivity contribution in [2.24, 2.45) is 0 Å². The van der Waals surface area contributed by atoms with E-state index >= 15 is 0 Å². The predicted molar refractivity (Wildman–Crippen MR) is 118 cm³/mol. The van der Waals surface area contributed by atoms with Gasteiger partial charge in [0.05, 0.1) is 0 Å². The van der Waals surface area contributed by atoms with E-state index in [1.807, 2.05) is 60.7 Å². The zero-order chi connectivity index (χ0) is 21.0. The Morgan fingerprint density at radius 3 is 2.03 bits per heavy atom. The first kappa shape index (κ1) is 21.9. The number of hydrogen-bond donors (Lipinski definition) is 2. The molecule has 2 amide bonds. The van der Waals surface area contributed by atoms with Crippen molar-refractivity contribution in [1.82, 2.24) is 10.6 Å². The van der Waals surface area contributed by atoms with Crippen molar-refractivity contribution >= 4 is 12.0 Å². The summed E-state index contributed by atoms with van der Waals surface area (Å²) in [5, 5.41) is 5.96. The van der Waals surface area contributed by atoms with E-state index in [-0.39, 0.29) is 18.6 Å². The monoisotopic (exact) mass is 408 g/mol. The predicted octanol–water partition coefficient (Wildman–Crippen LogP) is 4.75. The van der Waals surface area contributed by atoms with Crippen LogP contribution in [0.5, 0.6) is 0 Å². The summed E-state index contributed by atoms with van der Waals surface area (Å²) in [5.74, 6) is -0.138. The molecule has 2 aromatic rings. The first-order valence-corrected chi connectivity index (χ1v) is 11.0. The van der Waals surface area contributed by atoms with Crippen molar-refractivity contribution in [3.8, 4) is 0 Å². The zero-order valence-electron chi connectivity index (χ0n) is 17.5. The minimum absolute atomic E-state index is 0.138. The molecule has 0 bridgehead atoms. The van der Waals surface area contributed by atoms with Crippen LogP contribution in [0, 0.1) is 0 Å². The molecule has 5 nitrogen and oxygen atoms in total. The molecular weight excluding hydrogens is 376 g/mol. The fourth-order valence-electron chi connectivity index (χ4n) is 3.87. The summed E-state index contributed by atoms with van der Waals surface area (Å²) >= 11 is 0. The van der Waals surface area contributed by atoms with E-state index in [4.69, 9.17) is 4.74 Å². The van der Waals surface area contributed by atoms with Gasteiger partial charge in [0.1, 0.15) is 12.6 Å². The highest BCUT2D eigenvalue weighted by Crippen LogP contribution is 2.17. The number of hydrogen-bond acceptors (Lipinski definition) is 3. The van der Waals surface area contributed by atoms with Crippen LogP contribution < -0.4 is 10.6 Å².